The molecule has 2 aliphatic rings. The van der Waals surface area contributed by atoms with E-state index in [1.54, 1.807) is 0 Å². The monoisotopic (exact) mass is 223 g/mol. The molecule has 5 heteroatoms. The van der Waals surface area contributed by atoms with E-state index in [1.165, 1.54) is 0 Å². The minimum atomic E-state index is -0.0721. The highest BCUT2D eigenvalue weighted by molar-refractivity contribution is 5.06. The molecular weight excluding hydrogens is 206 g/mol. The van der Waals surface area contributed by atoms with Gasteiger partial charge in [0.25, 0.3) is 0 Å². The van der Waals surface area contributed by atoms with Crippen molar-refractivity contribution in [1.82, 2.24) is 15.5 Å². The molecule has 1 aromatic heterocycles. The highest BCUT2D eigenvalue weighted by Crippen LogP contribution is 2.33. The zero-order valence-electron chi connectivity index (χ0n) is 9.53. The minimum Gasteiger partial charge on any atom is -0.424 e. The fourth-order valence-electron chi connectivity index (χ4n) is 2.34. The average Bonchev–Trinajstić information content (AvgIpc) is 2.98. The first-order valence-corrected chi connectivity index (χ1v) is 5.90. The van der Waals surface area contributed by atoms with Crippen molar-refractivity contribution < 1.29 is 9.15 Å². The fourth-order valence-corrected chi connectivity index (χ4v) is 2.34. The van der Waals surface area contributed by atoms with E-state index in [4.69, 9.17) is 9.15 Å². The number of hydrogen-bond donors (Lipinski definition) is 1. The van der Waals surface area contributed by atoms with Crippen LogP contribution in [0.5, 0.6) is 0 Å². The van der Waals surface area contributed by atoms with Gasteiger partial charge in [0.2, 0.25) is 11.8 Å². The highest BCUT2D eigenvalue weighted by atomic mass is 16.5. The molecule has 2 saturated heterocycles. The van der Waals surface area contributed by atoms with Gasteiger partial charge >= 0.3 is 0 Å². The van der Waals surface area contributed by atoms with Crippen LogP contribution in [-0.4, -0.2) is 36.5 Å². The van der Waals surface area contributed by atoms with Crippen LogP contribution in [0.25, 0.3) is 0 Å². The fraction of sp³-hybridized carbons (Fsp3) is 0.818. The molecule has 2 atom stereocenters. The van der Waals surface area contributed by atoms with Crippen LogP contribution in [-0.2, 0) is 10.2 Å². The zero-order chi connectivity index (χ0) is 11.0. The van der Waals surface area contributed by atoms with E-state index >= 15 is 0 Å². The van der Waals surface area contributed by atoms with Crippen molar-refractivity contribution >= 4 is 0 Å². The molecule has 2 unspecified atom stereocenters. The van der Waals surface area contributed by atoms with E-state index in [-0.39, 0.29) is 5.41 Å². The summed E-state index contributed by atoms with van der Waals surface area (Å²) in [6.45, 7) is 5.61. The molecule has 5 nitrogen and oxygen atoms in total. The van der Waals surface area contributed by atoms with Crippen LogP contribution in [0.2, 0.25) is 0 Å². The average molecular weight is 223 g/mol. The van der Waals surface area contributed by atoms with Gasteiger partial charge in [-0.05, 0) is 26.3 Å². The molecule has 88 valence electrons. The summed E-state index contributed by atoms with van der Waals surface area (Å²) in [5.74, 6) is 1.92. The summed E-state index contributed by atoms with van der Waals surface area (Å²) >= 11 is 0. The molecule has 0 bridgehead atoms. The molecule has 0 aliphatic carbocycles. The van der Waals surface area contributed by atoms with Crippen molar-refractivity contribution in [3.05, 3.63) is 11.8 Å². The first-order valence-electron chi connectivity index (χ1n) is 5.90. The van der Waals surface area contributed by atoms with E-state index in [2.05, 4.69) is 22.4 Å². The van der Waals surface area contributed by atoms with E-state index in [9.17, 15) is 0 Å². The minimum absolute atomic E-state index is 0.0721. The van der Waals surface area contributed by atoms with Crippen LogP contribution in [0.15, 0.2) is 4.42 Å². The second-order valence-electron chi connectivity index (χ2n) is 5.00. The van der Waals surface area contributed by atoms with Crippen molar-refractivity contribution in [2.75, 3.05) is 26.3 Å². The van der Waals surface area contributed by atoms with Gasteiger partial charge in [-0.3, -0.25) is 0 Å². The summed E-state index contributed by atoms with van der Waals surface area (Å²) in [7, 11) is 0. The Balaban J connectivity index is 1.81. The van der Waals surface area contributed by atoms with Crippen molar-refractivity contribution in [2.45, 2.75) is 31.1 Å². The molecule has 0 radical (unpaired) electrons. The molecule has 2 fully saturated rings. The number of hydrogen-bond acceptors (Lipinski definition) is 5. The summed E-state index contributed by atoms with van der Waals surface area (Å²) < 4.78 is 11.2. The van der Waals surface area contributed by atoms with Gasteiger partial charge in [-0.15, -0.1) is 10.2 Å². The molecule has 0 amide bonds. The molecule has 16 heavy (non-hydrogen) atoms. The Morgan fingerprint density at radius 1 is 1.44 bits per heavy atom. The number of rotatable bonds is 2. The molecule has 1 aromatic rings. The van der Waals surface area contributed by atoms with E-state index in [0.717, 1.165) is 44.3 Å². The molecule has 3 rings (SSSR count). The Labute approximate surface area is 94.6 Å². The highest BCUT2D eigenvalue weighted by Gasteiger charge is 2.37. The van der Waals surface area contributed by atoms with Gasteiger partial charge < -0.3 is 14.5 Å². The molecular formula is C11H17N3O2. The second kappa shape index (κ2) is 3.82. The number of nitrogens with zero attached hydrogens (tertiary/aromatic N) is 2. The smallest absolute Gasteiger partial charge is 0.224 e. The molecule has 0 aromatic carbocycles. The Kier molecular flexibility index (Phi) is 2.44. The summed E-state index contributed by atoms with van der Waals surface area (Å²) in [6, 6.07) is 0. The Morgan fingerprint density at radius 2 is 2.38 bits per heavy atom. The van der Waals surface area contributed by atoms with Gasteiger partial charge in [0.05, 0.1) is 17.9 Å². The first kappa shape index (κ1) is 10.2. The quantitative estimate of drug-likeness (QED) is 0.804. The van der Waals surface area contributed by atoms with E-state index in [0.29, 0.717) is 12.5 Å². The van der Waals surface area contributed by atoms with Gasteiger partial charge in [0.1, 0.15) is 0 Å². The molecule has 3 heterocycles. The van der Waals surface area contributed by atoms with Gasteiger partial charge in [-0.2, -0.15) is 0 Å². The molecule has 1 N–H and O–H groups in total. The third kappa shape index (κ3) is 1.64. The summed E-state index contributed by atoms with van der Waals surface area (Å²) in [5.41, 5.74) is -0.0721. The van der Waals surface area contributed by atoms with Crippen molar-refractivity contribution in [3.63, 3.8) is 0 Å². The topological polar surface area (TPSA) is 60.2 Å². The van der Waals surface area contributed by atoms with Crippen LogP contribution >= 0.6 is 0 Å². The Hall–Kier alpha value is -0.940. The molecule has 0 saturated carbocycles. The number of ether oxygens (including phenoxy) is 1. The largest absolute Gasteiger partial charge is 0.424 e. The zero-order valence-corrected chi connectivity index (χ0v) is 9.53. The second-order valence-corrected chi connectivity index (χ2v) is 5.00. The lowest BCUT2D eigenvalue weighted by molar-refractivity contribution is 0.172. The summed E-state index contributed by atoms with van der Waals surface area (Å²) in [4.78, 5) is 0. The third-order valence-electron chi connectivity index (χ3n) is 3.59. The first-order chi connectivity index (χ1) is 7.78. The standard InChI is InChI=1S/C11H17N3O2/c1-11(3-5-15-7-11)10-14-13-9(16-10)8-2-4-12-6-8/h8,12H,2-7H2,1H3. The van der Waals surface area contributed by atoms with E-state index in [1.807, 2.05) is 0 Å². The lowest BCUT2D eigenvalue weighted by Gasteiger charge is -2.15. The van der Waals surface area contributed by atoms with Crippen LogP contribution in [0.4, 0.5) is 0 Å². The van der Waals surface area contributed by atoms with Crippen LogP contribution in [0, 0.1) is 0 Å². The van der Waals surface area contributed by atoms with Crippen molar-refractivity contribution in [2.24, 2.45) is 0 Å². The maximum atomic E-state index is 5.81. The van der Waals surface area contributed by atoms with Gasteiger partial charge in [0, 0.05) is 13.2 Å². The van der Waals surface area contributed by atoms with E-state index < -0.39 is 0 Å². The van der Waals surface area contributed by atoms with Crippen molar-refractivity contribution in [1.29, 1.82) is 0 Å². The van der Waals surface area contributed by atoms with Crippen molar-refractivity contribution in [3.8, 4) is 0 Å². The predicted molar refractivity (Wildman–Crippen MR) is 57.3 cm³/mol. The predicted octanol–water partition coefficient (Wildman–Crippen LogP) is 0.825. The van der Waals surface area contributed by atoms with Gasteiger partial charge in [-0.1, -0.05) is 0 Å². The van der Waals surface area contributed by atoms with Crippen LogP contribution in [0.1, 0.15) is 37.5 Å². The maximum Gasteiger partial charge on any atom is 0.224 e. The molecule has 2 aliphatic heterocycles. The SMILES string of the molecule is CC1(c2nnc(C3CCNC3)o2)CCOC1. The maximum absolute atomic E-state index is 5.81. The molecule has 0 spiro atoms. The number of aromatic nitrogens is 2. The van der Waals surface area contributed by atoms with Crippen LogP contribution in [0.3, 0.4) is 0 Å². The normalized spacial score (nSPS) is 34.7. The van der Waals surface area contributed by atoms with Gasteiger partial charge in [-0.25, -0.2) is 0 Å². The summed E-state index contributed by atoms with van der Waals surface area (Å²) in [5, 5.41) is 11.7. The van der Waals surface area contributed by atoms with Crippen LogP contribution < -0.4 is 5.32 Å². The Morgan fingerprint density at radius 3 is 3.06 bits per heavy atom. The third-order valence-corrected chi connectivity index (χ3v) is 3.59. The lowest BCUT2D eigenvalue weighted by Crippen LogP contribution is -2.22. The number of nitrogens with one attached hydrogen (secondary N) is 1. The van der Waals surface area contributed by atoms with Gasteiger partial charge in [0.15, 0.2) is 0 Å². The Bertz CT molecular complexity index is 365. The summed E-state index contributed by atoms with van der Waals surface area (Å²) in [6.07, 6.45) is 2.06. The lowest BCUT2D eigenvalue weighted by atomic mass is 9.90.